The summed E-state index contributed by atoms with van der Waals surface area (Å²) < 4.78 is 25.4. The fraction of sp³-hybridized carbons (Fsp3) is 0.214. The Hall–Kier alpha value is -4.31. The number of aromatic nitrogens is 4. The molecule has 3 aromatic carbocycles. The Bertz CT molecular complexity index is 1820. The Balaban J connectivity index is 1.57. The van der Waals surface area contributed by atoms with Crippen LogP contribution in [0.5, 0.6) is 17.2 Å². The van der Waals surface area contributed by atoms with E-state index in [9.17, 15) is 24.3 Å². The van der Waals surface area contributed by atoms with Gasteiger partial charge in [-0.25, -0.2) is 19.0 Å². The lowest BCUT2D eigenvalue weighted by Crippen LogP contribution is -2.15. The monoisotopic (exact) mass is 564 g/mol. The van der Waals surface area contributed by atoms with E-state index in [0.717, 1.165) is 40.3 Å². The van der Waals surface area contributed by atoms with Crippen molar-refractivity contribution in [3.05, 3.63) is 88.0 Å². The molecule has 11 nitrogen and oxygen atoms in total. The van der Waals surface area contributed by atoms with Gasteiger partial charge in [-0.05, 0) is 72.4 Å². The van der Waals surface area contributed by atoms with Crippen LogP contribution in [0.15, 0.2) is 65.6 Å². The molecule has 0 aliphatic rings. The van der Waals surface area contributed by atoms with Crippen LogP contribution in [-0.2, 0) is 30.9 Å². The third-order valence-corrected chi connectivity index (χ3v) is 7.29. The van der Waals surface area contributed by atoms with E-state index >= 15 is 0 Å². The number of phosphoric acid groups is 1. The molecule has 40 heavy (non-hydrogen) atoms. The molecule has 0 spiro atoms. The van der Waals surface area contributed by atoms with Crippen LogP contribution < -0.4 is 15.0 Å². The first-order chi connectivity index (χ1) is 19.1. The molecule has 0 aliphatic heterocycles. The van der Waals surface area contributed by atoms with Crippen LogP contribution in [0.4, 0.5) is 0 Å². The van der Waals surface area contributed by atoms with Crippen molar-refractivity contribution in [1.82, 2.24) is 19.3 Å². The number of aryl methyl sites for hydroxylation is 4. The van der Waals surface area contributed by atoms with E-state index in [4.69, 9.17) is 9.26 Å². The molecule has 0 atom stereocenters. The van der Waals surface area contributed by atoms with Gasteiger partial charge in [0.15, 0.2) is 5.82 Å². The minimum atomic E-state index is -4.93. The fourth-order valence-corrected chi connectivity index (χ4v) is 5.27. The van der Waals surface area contributed by atoms with E-state index in [0.29, 0.717) is 24.1 Å². The first-order valence-electron chi connectivity index (χ1n) is 12.6. The summed E-state index contributed by atoms with van der Waals surface area (Å²) in [6.45, 7) is 2.04. The quantitative estimate of drug-likeness (QED) is 0.194. The topological polar surface area (TPSA) is 152 Å². The number of phenols is 1. The van der Waals surface area contributed by atoms with Gasteiger partial charge in [0.05, 0.1) is 18.4 Å². The molecule has 208 valence electrons. The number of fused-ring (bicyclic) bond motifs is 1. The summed E-state index contributed by atoms with van der Waals surface area (Å²) in [5.74, 6) is 0.369. The van der Waals surface area contributed by atoms with Gasteiger partial charge < -0.3 is 18.9 Å². The first-order valence-corrected chi connectivity index (χ1v) is 14.1. The highest BCUT2D eigenvalue weighted by molar-refractivity contribution is 7.46. The van der Waals surface area contributed by atoms with Crippen molar-refractivity contribution in [3.63, 3.8) is 0 Å². The standard InChI is InChI=1S/C28H29N4O7P/c1-4-18-7-5-17(13-25(18)38-3)6-8-20-15-22(24(33)16-26(20)39-40(35,36)37)27-29-30-28(34)32(27)21-9-10-23-19(14-21)11-12-31(23)2/h5,7,9-16,33H,4,6,8H2,1-3H3,(H,30,34)(H2,35,36,37). The zero-order chi connectivity index (χ0) is 28.6. The second kappa shape index (κ2) is 10.7. The Morgan fingerprint density at radius 2 is 1.80 bits per heavy atom. The SMILES string of the molecule is CCc1ccc(CCc2cc(-c3n[nH]c(=O)n3-c3ccc4c(ccn4C)c3)c(O)cc2OP(=O)(O)O)cc1OC. The van der Waals surface area contributed by atoms with Crippen molar-refractivity contribution in [1.29, 1.82) is 0 Å². The predicted octanol–water partition coefficient (Wildman–Crippen LogP) is 4.25. The highest BCUT2D eigenvalue weighted by Gasteiger charge is 2.23. The number of aromatic amines is 1. The molecular weight excluding hydrogens is 535 g/mol. The molecule has 4 N–H and O–H groups in total. The lowest BCUT2D eigenvalue weighted by atomic mass is 9.99. The Labute approximate surface area is 229 Å². The predicted molar refractivity (Wildman–Crippen MR) is 150 cm³/mol. The molecule has 2 aromatic heterocycles. The summed E-state index contributed by atoms with van der Waals surface area (Å²) in [7, 11) is -1.40. The minimum absolute atomic E-state index is 0.135. The minimum Gasteiger partial charge on any atom is -0.507 e. The maximum atomic E-state index is 12.8. The lowest BCUT2D eigenvalue weighted by molar-refractivity contribution is 0.282. The summed E-state index contributed by atoms with van der Waals surface area (Å²) in [5.41, 5.74) is 3.62. The van der Waals surface area contributed by atoms with Gasteiger partial charge in [-0.15, -0.1) is 0 Å². The second-order valence-electron chi connectivity index (χ2n) is 9.42. The van der Waals surface area contributed by atoms with E-state index in [-0.39, 0.29) is 22.9 Å². The zero-order valence-electron chi connectivity index (χ0n) is 22.2. The fourth-order valence-electron chi connectivity index (χ4n) is 4.84. The maximum Gasteiger partial charge on any atom is 0.524 e. The second-order valence-corrected chi connectivity index (χ2v) is 10.6. The van der Waals surface area contributed by atoms with Gasteiger partial charge >= 0.3 is 13.5 Å². The molecule has 0 aliphatic carbocycles. The van der Waals surface area contributed by atoms with Crippen LogP contribution >= 0.6 is 7.82 Å². The number of phosphoric ester groups is 1. The van der Waals surface area contributed by atoms with Crippen LogP contribution in [0.25, 0.3) is 28.0 Å². The third-order valence-electron chi connectivity index (χ3n) is 6.85. The Kier molecular flexibility index (Phi) is 7.29. The molecule has 5 aromatic rings. The Morgan fingerprint density at radius 1 is 1.00 bits per heavy atom. The third kappa shape index (κ3) is 5.40. The number of rotatable bonds is 9. The zero-order valence-corrected chi connectivity index (χ0v) is 23.1. The van der Waals surface area contributed by atoms with Gasteiger partial charge in [0.25, 0.3) is 0 Å². The number of benzene rings is 3. The number of hydrogen-bond acceptors (Lipinski definition) is 6. The number of ether oxygens (including phenoxy) is 1. The smallest absolute Gasteiger partial charge is 0.507 e. The first kappa shape index (κ1) is 27.3. The van der Waals surface area contributed by atoms with Crippen LogP contribution in [0.3, 0.4) is 0 Å². The van der Waals surface area contributed by atoms with E-state index < -0.39 is 13.5 Å². The van der Waals surface area contributed by atoms with Gasteiger partial charge in [-0.3, -0.25) is 9.79 Å². The summed E-state index contributed by atoms with van der Waals surface area (Å²) >= 11 is 0. The summed E-state index contributed by atoms with van der Waals surface area (Å²) in [5, 5.41) is 18.4. The van der Waals surface area contributed by atoms with Crippen molar-refractivity contribution in [3.8, 4) is 34.3 Å². The normalized spacial score (nSPS) is 11.7. The molecule has 12 heteroatoms. The highest BCUT2D eigenvalue weighted by atomic mass is 31.2. The van der Waals surface area contributed by atoms with E-state index in [1.54, 1.807) is 13.2 Å². The number of phenolic OH excluding ortho intramolecular Hbond substituents is 1. The van der Waals surface area contributed by atoms with Gasteiger partial charge in [0.2, 0.25) is 0 Å². The number of methoxy groups -OCH3 is 1. The van der Waals surface area contributed by atoms with Crippen molar-refractivity contribution >= 4 is 18.7 Å². The number of aromatic hydroxyl groups is 1. The molecule has 0 radical (unpaired) electrons. The number of nitrogens with one attached hydrogen (secondary N) is 1. The van der Waals surface area contributed by atoms with Gasteiger partial charge in [0.1, 0.15) is 17.2 Å². The molecule has 0 saturated heterocycles. The molecule has 0 unspecified atom stereocenters. The lowest BCUT2D eigenvalue weighted by Gasteiger charge is -2.16. The van der Waals surface area contributed by atoms with Crippen molar-refractivity contribution in [2.24, 2.45) is 7.05 Å². The largest absolute Gasteiger partial charge is 0.524 e. The summed E-state index contributed by atoms with van der Waals surface area (Å²) in [6.07, 6.45) is 3.52. The Morgan fingerprint density at radius 3 is 2.52 bits per heavy atom. The summed E-state index contributed by atoms with van der Waals surface area (Å²) in [6, 6.07) is 16.0. The molecule has 5 rings (SSSR count). The molecule has 2 heterocycles. The maximum absolute atomic E-state index is 12.8. The molecule has 0 bridgehead atoms. The molecular formula is C28H29N4O7P. The van der Waals surface area contributed by atoms with Gasteiger partial charge in [-0.2, -0.15) is 5.10 Å². The van der Waals surface area contributed by atoms with E-state index in [1.165, 1.54) is 10.6 Å². The number of hydrogen-bond donors (Lipinski definition) is 4. The van der Waals surface area contributed by atoms with Crippen molar-refractivity contribution in [2.45, 2.75) is 26.2 Å². The van der Waals surface area contributed by atoms with Gasteiger partial charge in [0, 0.05) is 30.2 Å². The van der Waals surface area contributed by atoms with Crippen molar-refractivity contribution in [2.75, 3.05) is 7.11 Å². The van der Waals surface area contributed by atoms with E-state index in [2.05, 4.69) is 10.2 Å². The van der Waals surface area contributed by atoms with Crippen LogP contribution in [0, 0.1) is 0 Å². The number of H-pyrrole nitrogens is 1. The van der Waals surface area contributed by atoms with Crippen LogP contribution in [0.2, 0.25) is 0 Å². The molecule has 0 fully saturated rings. The average molecular weight is 565 g/mol. The summed E-state index contributed by atoms with van der Waals surface area (Å²) in [4.78, 5) is 31.8. The van der Waals surface area contributed by atoms with Crippen LogP contribution in [0.1, 0.15) is 23.6 Å². The van der Waals surface area contributed by atoms with Crippen molar-refractivity contribution < 1.29 is 28.7 Å². The average Bonchev–Trinajstić information content (AvgIpc) is 3.48. The van der Waals surface area contributed by atoms with E-state index in [1.807, 2.05) is 61.1 Å². The molecule has 0 saturated carbocycles. The molecule has 0 amide bonds. The van der Waals surface area contributed by atoms with Crippen LogP contribution in [-0.4, -0.2) is 41.3 Å². The number of nitrogens with zero attached hydrogens (tertiary/aromatic N) is 3. The highest BCUT2D eigenvalue weighted by Crippen LogP contribution is 2.43. The van der Waals surface area contributed by atoms with Gasteiger partial charge in [-0.1, -0.05) is 19.1 Å².